The topological polar surface area (TPSA) is 102 Å². The molecule has 0 amide bonds. The van der Waals surface area contributed by atoms with Crippen molar-refractivity contribution in [1.82, 2.24) is 0 Å². The van der Waals surface area contributed by atoms with Crippen LogP contribution < -0.4 is 14.2 Å². The van der Waals surface area contributed by atoms with Crippen LogP contribution in [0.15, 0.2) is 76.5 Å². The molecule has 0 spiro atoms. The van der Waals surface area contributed by atoms with Gasteiger partial charge < -0.3 is 4.74 Å². The van der Waals surface area contributed by atoms with Crippen LogP contribution in [-0.4, -0.2) is 23.9 Å². The summed E-state index contributed by atoms with van der Waals surface area (Å²) in [6.07, 6.45) is 0. The van der Waals surface area contributed by atoms with Crippen molar-refractivity contribution in [3.8, 4) is 5.75 Å². The Balaban J connectivity index is 1.89. The van der Waals surface area contributed by atoms with Crippen LogP contribution in [-0.2, 0) is 20.0 Å². The van der Waals surface area contributed by atoms with Gasteiger partial charge >= 0.3 is 0 Å². The second-order valence-corrected chi connectivity index (χ2v) is 10.1. The summed E-state index contributed by atoms with van der Waals surface area (Å²) in [6, 6.07) is 17.2. The zero-order valence-corrected chi connectivity index (χ0v) is 18.3. The maximum absolute atomic E-state index is 12.9. The van der Waals surface area contributed by atoms with Crippen molar-refractivity contribution in [3.63, 3.8) is 0 Å². The van der Waals surface area contributed by atoms with Gasteiger partial charge in [-0.1, -0.05) is 23.8 Å². The van der Waals surface area contributed by atoms with Crippen molar-refractivity contribution < 1.29 is 21.6 Å². The number of aryl methyl sites for hydroxylation is 2. The molecule has 0 fully saturated rings. The highest BCUT2D eigenvalue weighted by atomic mass is 32.2. The SMILES string of the molecule is COc1ccc(NS(=O)(=O)c2cc(NS(=O)(=O)c3ccc(C)cc3)ccc2C)cc1. The van der Waals surface area contributed by atoms with Crippen molar-refractivity contribution in [3.05, 3.63) is 77.9 Å². The van der Waals surface area contributed by atoms with Gasteiger partial charge in [-0.05, 0) is 67.9 Å². The number of benzene rings is 3. The summed E-state index contributed by atoms with van der Waals surface area (Å²) >= 11 is 0. The molecule has 158 valence electrons. The molecule has 3 aromatic carbocycles. The van der Waals surface area contributed by atoms with Crippen LogP contribution in [0.5, 0.6) is 5.75 Å². The van der Waals surface area contributed by atoms with Crippen LogP contribution in [0.2, 0.25) is 0 Å². The highest BCUT2D eigenvalue weighted by Gasteiger charge is 2.20. The van der Waals surface area contributed by atoms with Gasteiger partial charge in [0.15, 0.2) is 0 Å². The predicted octanol–water partition coefficient (Wildman–Crippen LogP) is 3.91. The molecule has 0 unspecified atom stereocenters. The van der Waals surface area contributed by atoms with Gasteiger partial charge in [0.25, 0.3) is 20.0 Å². The maximum atomic E-state index is 12.9. The molecule has 0 heterocycles. The van der Waals surface area contributed by atoms with Gasteiger partial charge in [0.2, 0.25) is 0 Å². The van der Waals surface area contributed by atoms with Gasteiger partial charge in [-0.2, -0.15) is 0 Å². The normalized spacial score (nSPS) is 11.7. The molecule has 0 aliphatic heterocycles. The summed E-state index contributed by atoms with van der Waals surface area (Å²) in [5.74, 6) is 0.599. The minimum Gasteiger partial charge on any atom is -0.497 e. The Morgan fingerprint density at radius 2 is 1.27 bits per heavy atom. The van der Waals surface area contributed by atoms with Gasteiger partial charge in [0.1, 0.15) is 5.75 Å². The molecule has 0 bridgehead atoms. The summed E-state index contributed by atoms with van der Waals surface area (Å²) in [6.45, 7) is 3.50. The first kappa shape index (κ1) is 21.7. The molecule has 9 heteroatoms. The number of anilines is 2. The zero-order valence-electron chi connectivity index (χ0n) is 16.7. The van der Waals surface area contributed by atoms with Gasteiger partial charge in [-0.25, -0.2) is 16.8 Å². The standard InChI is InChI=1S/C21H22N2O5S2/c1-15-4-12-20(13-5-15)29(24,25)23-18-7-6-16(2)21(14-18)30(26,27)22-17-8-10-19(28-3)11-9-17/h4-14,22-23H,1-3H3. The molecular weight excluding hydrogens is 424 g/mol. The summed E-state index contributed by atoms with van der Waals surface area (Å²) in [4.78, 5) is 0.0665. The number of ether oxygens (including phenoxy) is 1. The van der Waals surface area contributed by atoms with E-state index in [1.54, 1.807) is 49.4 Å². The molecule has 30 heavy (non-hydrogen) atoms. The summed E-state index contributed by atoms with van der Waals surface area (Å²) in [7, 11) is -6.27. The fraction of sp³-hybridized carbons (Fsp3) is 0.143. The third kappa shape index (κ3) is 4.92. The van der Waals surface area contributed by atoms with Gasteiger partial charge in [-0.3, -0.25) is 9.44 Å². The lowest BCUT2D eigenvalue weighted by molar-refractivity contribution is 0.415. The van der Waals surface area contributed by atoms with Crippen LogP contribution >= 0.6 is 0 Å². The van der Waals surface area contributed by atoms with E-state index in [-0.39, 0.29) is 15.5 Å². The van der Waals surface area contributed by atoms with Gasteiger partial charge in [0.05, 0.1) is 22.6 Å². The monoisotopic (exact) mass is 446 g/mol. The van der Waals surface area contributed by atoms with Crippen LogP contribution in [0.25, 0.3) is 0 Å². The summed E-state index contributed by atoms with van der Waals surface area (Å²) < 4.78 is 61.0. The average Bonchev–Trinajstić information content (AvgIpc) is 2.70. The van der Waals surface area contributed by atoms with E-state index in [1.165, 1.54) is 31.4 Å². The Morgan fingerprint density at radius 3 is 1.87 bits per heavy atom. The fourth-order valence-electron chi connectivity index (χ4n) is 2.75. The number of hydrogen-bond acceptors (Lipinski definition) is 5. The van der Waals surface area contributed by atoms with Crippen LogP contribution in [0.1, 0.15) is 11.1 Å². The highest BCUT2D eigenvalue weighted by Crippen LogP contribution is 2.25. The van der Waals surface area contributed by atoms with Crippen LogP contribution in [0.4, 0.5) is 11.4 Å². The molecule has 0 aliphatic rings. The average molecular weight is 447 g/mol. The van der Waals surface area contributed by atoms with E-state index in [0.717, 1.165) is 5.56 Å². The molecule has 0 radical (unpaired) electrons. The second kappa shape index (κ2) is 8.37. The third-order valence-electron chi connectivity index (χ3n) is 4.40. The van der Waals surface area contributed by atoms with E-state index in [4.69, 9.17) is 4.74 Å². The highest BCUT2D eigenvalue weighted by molar-refractivity contribution is 7.93. The Bertz CT molecular complexity index is 1250. The molecule has 3 aromatic rings. The number of hydrogen-bond donors (Lipinski definition) is 2. The van der Waals surface area contributed by atoms with Crippen molar-refractivity contribution in [2.24, 2.45) is 0 Å². The minimum atomic E-state index is -3.94. The third-order valence-corrected chi connectivity index (χ3v) is 7.32. The molecule has 0 saturated heterocycles. The van der Waals surface area contributed by atoms with E-state index in [0.29, 0.717) is 17.0 Å². The fourth-order valence-corrected chi connectivity index (χ4v) is 5.13. The molecule has 0 aliphatic carbocycles. The maximum Gasteiger partial charge on any atom is 0.262 e. The van der Waals surface area contributed by atoms with E-state index >= 15 is 0 Å². The molecule has 0 saturated carbocycles. The van der Waals surface area contributed by atoms with E-state index in [9.17, 15) is 16.8 Å². The first-order chi connectivity index (χ1) is 14.1. The zero-order chi connectivity index (χ0) is 21.9. The molecule has 2 N–H and O–H groups in total. The number of methoxy groups -OCH3 is 1. The Labute approximate surface area is 176 Å². The lowest BCUT2D eigenvalue weighted by Gasteiger charge is -2.14. The molecule has 7 nitrogen and oxygen atoms in total. The van der Waals surface area contributed by atoms with E-state index in [2.05, 4.69) is 9.44 Å². The van der Waals surface area contributed by atoms with Crippen molar-refractivity contribution in [1.29, 1.82) is 0 Å². The predicted molar refractivity (Wildman–Crippen MR) is 117 cm³/mol. The first-order valence-electron chi connectivity index (χ1n) is 8.98. The smallest absolute Gasteiger partial charge is 0.262 e. The number of sulfonamides is 2. The molecule has 0 atom stereocenters. The molecular formula is C21H22N2O5S2. The van der Waals surface area contributed by atoms with Crippen LogP contribution in [0, 0.1) is 13.8 Å². The van der Waals surface area contributed by atoms with E-state index < -0.39 is 20.0 Å². The van der Waals surface area contributed by atoms with Crippen molar-refractivity contribution in [2.75, 3.05) is 16.6 Å². The van der Waals surface area contributed by atoms with E-state index in [1.807, 2.05) is 6.92 Å². The second-order valence-electron chi connectivity index (χ2n) is 6.73. The Kier molecular flexibility index (Phi) is 6.04. The Hall–Kier alpha value is -3.04. The summed E-state index contributed by atoms with van der Waals surface area (Å²) in [5, 5.41) is 0. The number of nitrogens with one attached hydrogen (secondary N) is 2. The minimum absolute atomic E-state index is 0.0255. The lowest BCUT2D eigenvalue weighted by Crippen LogP contribution is -2.16. The lowest BCUT2D eigenvalue weighted by atomic mass is 10.2. The van der Waals surface area contributed by atoms with Crippen LogP contribution in [0.3, 0.4) is 0 Å². The molecule has 3 rings (SSSR count). The van der Waals surface area contributed by atoms with Crippen molar-refractivity contribution >= 4 is 31.4 Å². The molecule has 0 aromatic heterocycles. The Morgan fingerprint density at radius 1 is 0.700 bits per heavy atom. The van der Waals surface area contributed by atoms with Gasteiger partial charge in [0, 0.05) is 5.69 Å². The quantitative estimate of drug-likeness (QED) is 0.573. The summed E-state index contributed by atoms with van der Waals surface area (Å²) in [5.41, 5.74) is 1.92. The van der Waals surface area contributed by atoms with Gasteiger partial charge in [-0.15, -0.1) is 0 Å². The largest absolute Gasteiger partial charge is 0.497 e. The number of rotatable bonds is 7. The van der Waals surface area contributed by atoms with Crippen molar-refractivity contribution in [2.45, 2.75) is 23.6 Å². The first-order valence-corrected chi connectivity index (χ1v) is 11.9.